The first kappa shape index (κ1) is 12.1. The number of nitrogens with two attached hydrogens (primary N) is 1. The Morgan fingerprint density at radius 2 is 2.00 bits per heavy atom. The molecule has 1 aromatic carbocycles. The van der Waals surface area contributed by atoms with Crippen LogP contribution in [-0.2, 0) is 10.0 Å². The Morgan fingerprint density at radius 3 is 2.65 bits per heavy atom. The SMILES string of the molecule is NS(=O)(=O)C1=NCCCC1Oc1ccccc1. The lowest BCUT2D eigenvalue weighted by Crippen LogP contribution is -2.39. The minimum absolute atomic E-state index is 0.0485. The molecule has 1 heterocycles. The molecule has 2 N–H and O–H groups in total. The van der Waals surface area contributed by atoms with Crippen molar-refractivity contribution in [3.63, 3.8) is 0 Å². The van der Waals surface area contributed by atoms with Gasteiger partial charge in [-0.1, -0.05) is 18.2 Å². The van der Waals surface area contributed by atoms with Crippen LogP contribution in [-0.4, -0.2) is 26.1 Å². The van der Waals surface area contributed by atoms with E-state index in [9.17, 15) is 8.42 Å². The van der Waals surface area contributed by atoms with E-state index in [0.29, 0.717) is 18.7 Å². The molecule has 1 atom stereocenters. The summed E-state index contributed by atoms with van der Waals surface area (Å²) in [6.45, 7) is 0.487. The molecule has 1 unspecified atom stereocenters. The zero-order chi connectivity index (χ0) is 12.3. The Bertz CT molecular complexity index is 511. The van der Waals surface area contributed by atoms with Crippen molar-refractivity contribution >= 4 is 15.1 Å². The third-order valence-corrected chi connectivity index (χ3v) is 3.46. The second kappa shape index (κ2) is 4.85. The lowest BCUT2D eigenvalue weighted by Gasteiger charge is -2.22. The first-order valence-corrected chi connectivity index (χ1v) is 6.91. The molecule has 0 spiro atoms. The average molecular weight is 254 g/mol. The van der Waals surface area contributed by atoms with Crippen LogP contribution in [0.15, 0.2) is 35.3 Å². The Kier molecular flexibility index (Phi) is 3.44. The van der Waals surface area contributed by atoms with Gasteiger partial charge in [-0.05, 0) is 25.0 Å². The van der Waals surface area contributed by atoms with Crippen molar-refractivity contribution < 1.29 is 13.2 Å². The summed E-state index contributed by atoms with van der Waals surface area (Å²) in [7, 11) is -3.77. The number of rotatable bonds is 2. The highest BCUT2D eigenvalue weighted by Gasteiger charge is 2.29. The minimum atomic E-state index is -3.77. The summed E-state index contributed by atoms with van der Waals surface area (Å²) < 4.78 is 28.3. The van der Waals surface area contributed by atoms with E-state index in [4.69, 9.17) is 9.88 Å². The number of benzene rings is 1. The maximum absolute atomic E-state index is 11.4. The topological polar surface area (TPSA) is 81.8 Å². The quantitative estimate of drug-likeness (QED) is 0.851. The number of ether oxygens (including phenoxy) is 1. The van der Waals surface area contributed by atoms with Gasteiger partial charge in [0, 0.05) is 6.54 Å². The van der Waals surface area contributed by atoms with Gasteiger partial charge in [-0.2, -0.15) is 0 Å². The molecule has 1 aromatic rings. The van der Waals surface area contributed by atoms with Gasteiger partial charge in [0.1, 0.15) is 5.75 Å². The van der Waals surface area contributed by atoms with Gasteiger partial charge < -0.3 is 4.74 Å². The molecule has 0 aliphatic carbocycles. The van der Waals surface area contributed by atoms with Gasteiger partial charge in [0.25, 0.3) is 10.0 Å². The average Bonchev–Trinajstić information content (AvgIpc) is 2.30. The normalized spacial score (nSPS) is 20.8. The zero-order valence-electron chi connectivity index (χ0n) is 9.24. The second-order valence-electron chi connectivity index (χ2n) is 3.83. The molecule has 1 aliphatic heterocycles. The molecular formula is C11H14N2O3S. The second-order valence-corrected chi connectivity index (χ2v) is 5.34. The number of hydrogen-bond donors (Lipinski definition) is 1. The smallest absolute Gasteiger partial charge is 0.254 e. The van der Waals surface area contributed by atoms with E-state index in [-0.39, 0.29) is 5.04 Å². The molecule has 2 rings (SSSR count). The monoisotopic (exact) mass is 254 g/mol. The number of hydrogen-bond acceptors (Lipinski definition) is 4. The van der Waals surface area contributed by atoms with E-state index in [0.717, 1.165) is 6.42 Å². The predicted molar refractivity (Wildman–Crippen MR) is 65.5 cm³/mol. The van der Waals surface area contributed by atoms with Gasteiger partial charge in [-0.3, -0.25) is 4.99 Å². The summed E-state index contributed by atoms with van der Waals surface area (Å²) >= 11 is 0. The highest BCUT2D eigenvalue weighted by atomic mass is 32.2. The van der Waals surface area contributed by atoms with Crippen molar-refractivity contribution in [1.82, 2.24) is 0 Å². The van der Waals surface area contributed by atoms with E-state index in [1.54, 1.807) is 12.1 Å². The molecule has 1 aliphatic rings. The van der Waals surface area contributed by atoms with Gasteiger partial charge in [0.15, 0.2) is 11.1 Å². The minimum Gasteiger partial charge on any atom is -0.483 e. The number of para-hydroxylation sites is 1. The zero-order valence-corrected chi connectivity index (χ0v) is 10.1. The fourth-order valence-corrected chi connectivity index (χ4v) is 2.54. The molecule has 0 saturated heterocycles. The summed E-state index contributed by atoms with van der Waals surface area (Å²) in [4.78, 5) is 3.96. The molecule has 0 bridgehead atoms. The van der Waals surface area contributed by atoms with Crippen LogP contribution in [0.2, 0.25) is 0 Å². The summed E-state index contributed by atoms with van der Waals surface area (Å²) in [5, 5.41) is 5.07. The largest absolute Gasteiger partial charge is 0.483 e. The molecular weight excluding hydrogens is 240 g/mol. The molecule has 0 radical (unpaired) electrons. The van der Waals surface area contributed by atoms with Crippen LogP contribution in [0.1, 0.15) is 12.8 Å². The summed E-state index contributed by atoms with van der Waals surface area (Å²) in [5.41, 5.74) is 0. The molecule has 0 saturated carbocycles. The third-order valence-electron chi connectivity index (χ3n) is 2.48. The van der Waals surface area contributed by atoms with Crippen molar-refractivity contribution in [2.24, 2.45) is 10.1 Å². The van der Waals surface area contributed by atoms with Crippen LogP contribution < -0.4 is 9.88 Å². The molecule has 5 nitrogen and oxygen atoms in total. The fraction of sp³-hybridized carbons (Fsp3) is 0.364. The molecule has 6 heteroatoms. The Morgan fingerprint density at radius 1 is 1.29 bits per heavy atom. The van der Waals surface area contributed by atoms with Crippen LogP contribution >= 0.6 is 0 Å². The van der Waals surface area contributed by atoms with Crippen LogP contribution in [0, 0.1) is 0 Å². The maximum atomic E-state index is 11.4. The highest BCUT2D eigenvalue weighted by Crippen LogP contribution is 2.18. The Hall–Kier alpha value is -1.40. The van der Waals surface area contributed by atoms with Crippen molar-refractivity contribution in [3.05, 3.63) is 30.3 Å². The van der Waals surface area contributed by atoms with Gasteiger partial charge in [0.05, 0.1) is 0 Å². The lowest BCUT2D eigenvalue weighted by atomic mass is 10.1. The molecule has 92 valence electrons. The standard InChI is InChI=1S/C11H14N2O3S/c12-17(14,15)11-10(7-4-8-13-11)16-9-5-2-1-3-6-9/h1-3,5-6,10H,4,7-8H2,(H2,12,14,15). The molecule has 0 aromatic heterocycles. The molecule has 0 fully saturated rings. The predicted octanol–water partition coefficient (Wildman–Crippen LogP) is 0.915. The molecule has 0 amide bonds. The van der Waals surface area contributed by atoms with Crippen molar-refractivity contribution in [3.8, 4) is 5.75 Å². The van der Waals surface area contributed by atoms with Gasteiger partial charge >= 0.3 is 0 Å². The summed E-state index contributed by atoms with van der Waals surface area (Å²) in [5.74, 6) is 0.621. The van der Waals surface area contributed by atoms with E-state index in [1.807, 2.05) is 18.2 Å². The number of primary sulfonamides is 1. The number of aliphatic imine (C=N–C) groups is 1. The summed E-state index contributed by atoms with van der Waals surface area (Å²) in [6, 6.07) is 9.06. The van der Waals surface area contributed by atoms with E-state index >= 15 is 0 Å². The van der Waals surface area contributed by atoms with Crippen LogP contribution in [0.25, 0.3) is 0 Å². The maximum Gasteiger partial charge on any atom is 0.254 e. The van der Waals surface area contributed by atoms with Crippen LogP contribution in [0.5, 0.6) is 5.75 Å². The van der Waals surface area contributed by atoms with Crippen LogP contribution in [0.3, 0.4) is 0 Å². The first-order chi connectivity index (χ1) is 8.07. The van der Waals surface area contributed by atoms with Crippen molar-refractivity contribution in [1.29, 1.82) is 0 Å². The highest BCUT2D eigenvalue weighted by molar-refractivity contribution is 8.04. The van der Waals surface area contributed by atoms with Gasteiger partial charge in [0.2, 0.25) is 0 Å². The number of sulfonamides is 1. The third kappa shape index (κ3) is 3.04. The Labute approximate surface area is 100 Å². The number of nitrogens with zero attached hydrogens (tertiary/aromatic N) is 1. The van der Waals surface area contributed by atoms with Crippen LogP contribution in [0.4, 0.5) is 0 Å². The summed E-state index contributed by atoms with van der Waals surface area (Å²) in [6.07, 6.45) is 0.849. The van der Waals surface area contributed by atoms with Crippen molar-refractivity contribution in [2.45, 2.75) is 18.9 Å². The fourth-order valence-electron chi connectivity index (χ4n) is 1.74. The lowest BCUT2D eigenvalue weighted by molar-refractivity contribution is 0.250. The van der Waals surface area contributed by atoms with E-state index in [1.165, 1.54) is 0 Å². The first-order valence-electron chi connectivity index (χ1n) is 5.36. The van der Waals surface area contributed by atoms with Gasteiger partial charge in [-0.15, -0.1) is 0 Å². The van der Waals surface area contributed by atoms with Gasteiger partial charge in [-0.25, -0.2) is 13.6 Å². The van der Waals surface area contributed by atoms with E-state index in [2.05, 4.69) is 4.99 Å². The Balaban J connectivity index is 2.20. The van der Waals surface area contributed by atoms with E-state index < -0.39 is 16.1 Å². The van der Waals surface area contributed by atoms with Crippen molar-refractivity contribution in [2.75, 3.05) is 6.54 Å². The molecule has 17 heavy (non-hydrogen) atoms.